The van der Waals surface area contributed by atoms with Gasteiger partial charge in [0.25, 0.3) is 5.91 Å². The summed E-state index contributed by atoms with van der Waals surface area (Å²) in [4.78, 5) is 48.6. The highest BCUT2D eigenvalue weighted by Gasteiger charge is 2.35. The summed E-state index contributed by atoms with van der Waals surface area (Å²) in [6.45, 7) is 6.02. The van der Waals surface area contributed by atoms with Gasteiger partial charge >= 0.3 is 0 Å². The van der Waals surface area contributed by atoms with Crippen LogP contribution in [-0.4, -0.2) is 47.3 Å². The maximum absolute atomic E-state index is 14.3. The molecule has 42 heavy (non-hydrogen) atoms. The number of benzene rings is 2. The van der Waals surface area contributed by atoms with E-state index in [0.717, 1.165) is 47.9 Å². The van der Waals surface area contributed by atoms with Gasteiger partial charge in [-0.3, -0.25) is 23.7 Å². The number of nitrogens with zero attached hydrogens (tertiary/aromatic N) is 1. The van der Waals surface area contributed by atoms with Crippen LogP contribution in [0.25, 0.3) is 22.0 Å². The minimum Gasteiger partial charge on any atom is -0.382 e. The van der Waals surface area contributed by atoms with Gasteiger partial charge in [0.2, 0.25) is 17.7 Å². The molecule has 0 saturated heterocycles. The Balaban J connectivity index is 1.39. The Hall–Kier alpha value is -4.21. The Morgan fingerprint density at radius 3 is 2.45 bits per heavy atom. The summed E-state index contributed by atoms with van der Waals surface area (Å²) < 4.78 is 16.0. The number of halogens is 1. The number of rotatable bonds is 8. The van der Waals surface area contributed by atoms with Crippen molar-refractivity contribution < 1.29 is 23.6 Å². The van der Waals surface area contributed by atoms with Crippen LogP contribution >= 0.6 is 0 Å². The Labute approximate surface area is 244 Å². The summed E-state index contributed by atoms with van der Waals surface area (Å²) in [7, 11) is 0. The number of amides is 3. The minimum atomic E-state index is -0.540. The molecule has 10 heteroatoms. The van der Waals surface area contributed by atoms with Crippen LogP contribution in [0.1, 0.15) is 73.7 Å². The Kier molecular flexibility index (Phi) is 8.08. The SMILES string of the molecule is CC(=O)NCC(=O)NCC1CCC(Nc2cc(-c3c4n(c5cc(F)ccc35)C(=O)CC(C)(C)C4)ccc2C(N)=O)CC1. The maximum atomic E-state index is 14.3. The molecule has 1 aromatic heterocycles. The molecule has 0 spiro atoms. The summed E-state index contributed by atoms with van der Waals surface area (Å²) in [6.07, 6.45) is 4.50. The highest BCUT2D eigenvalue weighted by molar-refractivity contribution is 6.06. The van der Waals surface area contributed by atoms with E-state index in [9.17, 15) is 23.6 Å². The van der Waals surface area contributed by atoms with E-state index in [1.165, 1.54) is 19.1 Å². The molecular formula is C32H38FN5O4. The van der Waals surface area contributed by atoms with E-state index in [1.54, 1.807) is 16.7 Å². The highest BCUT2D eigenvalue weighted by atomic mass is 19.1. The molecule has 1 saturated carbocycles. The molecule has 3 aromatic rings. The Morgan fingerprint density at radius 2 is 1.76 bits per heavy atom. The fourth-order valence-electron chi connectivity index (χ4n) is 6.38. The largest absolute Gasteiger partial charge is 0.382 e. The molecule has 0 bridgehead atoms. The van der Waals surface area contributed by atoms with Crippen molar-refractivity contribution in [3.63, 3.8) is 0 Å². The number of nitrogens with two attached hydrogens (primary N) is 1. The standard InChI is InChI=1S/C32H38FN5O4/c1-18(39)35-17-28(40)36-16-19-4-8-22(9-5-19)37-25-12-20(6-10-23(25)31(34)42)30-24-11-7-21(33)13-26(24)38-27(30)14-32(2,3)15-29(38)41/h6-7,10-13,19,22,37H,4-5,8-9,14-17H2,1-3H3,(H2,34,42)(H,35,39)(H,36,40). The summed E-state index contributed by atoms with van der Waals surface area (Å²) in [6, 6.07) is 10.1. The topological polar surface area (TPSA) is 135 Å². The molecule has 0 atom stereocenters. The number of carbonyl (C=O) groups excluding carboxylic acids is 4. The normalized spacial score (nSPS) is 19.7. The molecule has 3 amide bonds. The third kappa shape index (κ3) is 6.17. The fraction of sp³-hybridized carbons (Fsp3) is 0.438. The summed E-state index contributed by atoms with van der Waals surface area (Å²) in [5.41, 5.74) is 9.61. The zero-order chi connectivity index (χ0) is 30.2. The van der Waals surface area contributed by atoms with Crippen molar-refractivity contribution >= 4 is 40.2 Å². The molecule has 0 radical (unpaired) electrons. The first-order chi connectivity index (χ1) is 19.9. The predicted octanol–water partition coefficient (Wildman–Crippen LogP) is 4.38. The van der Waals surface area contributed by atoms with Gasteiger partial charge in [-0.1, -0.05) is 19.9 Å². The molecule has 5 rings (SSSR count). The van der Waals surface area contributed by atoms with E-state index in [4.69, 9.17) is 5.73 Å². The first-order valence-electron chi connectivity index (χ1n) is 14.5. The molecule has 1 aliphatic heterocycles. The summed E-state index contributed by atoms with van der Waals surface area (Å²) in [5.74, 6) is -1.12. The summed E-state index contributed by atoms with van der Waals surface area (Å²) >= 11 is 0. The second kappa shape index (κ2) is 11.6. The van der Waals surface area contributed by atoms with E-state index in [0.29, 0.717) is 42.1 Å². The van der Waals surface area contributed by atoms with Crippen molar-refractivity contribution in [2.75, 3.05) is 18.4 Å². The van der Waals surface area contributed by atoms with Crippen LogP contribution < -0.4 is 21.7 Å². The summed E-state index contributed by atoms with van der Waals surface area (Å²) in [5, 5.41) is 9.72. The average molecular weight is 576 g/mol. The lowest BCUT2D eigenvalue weighted by molar-refractivity contribution is -0.125. The fourth-order valence-corrected chi connectivity index (χ4v) is 6.38. The van der Waals surface area contributed by atoms with E-state index >= 15 is 0 Å². The van der Waals surface area contributed by atoms with Gasteiger partial charge in [-0.05, 0) is 79.3 Å². The number of anilines is 1. The average Bonchev–Trinajstić information content (AvgIpc) is 3.23. The van der Waals surface area contributed by atoms with E-state index in [1.807, 2.05) is 12.1 Å². The van der Waals surface area contributed by atoms with Crippen LogP contribution in [-0.2, 0) is 16.0 Å². The molecule has 0 unspecified atom stereocenters. The second-order valence-corrected chi connectivity index (χ2v) is 12.4. The number of aromatic nitrogens is 1. The number of hydrogen-bond donors (Lipinski definition) is 4. The van der Waals surface area contributed by atoms with Gasteiger partial charge in [-0.15, -0.1) is 0 Å². The van der Waals surface area contributed by atoms with Crippen molar-refractivity contribution in [2.24, 2.45) is 17.1 Å². The lowest BCUT2D eigenvalue weighted by atomic mass is 9.80. The number of primary amides is 1. The van der Waals surface area contributed by atoms with Gasteiger partial charge in [0, 0.05) is 48.3 Å². The van der Waals surface area contributed by atoms with E-state index in [-0.39, 0.29) is 35.7 Å². The van der Waals surface area contributed by atoms with Crippen LogP contribution in [0.4, 0.5) is 10.1 Å². The number of hydrogen-bond acceptors (Lipinski definition) is 5. The van der Waals surface area contributed by atoms with Crippen molar-refractivity contribution in [2.45, 2.75) is 65.3 Å². The van der Waals surface area contributed by atoms with Gasteiger partial charge < -0.3 is 21.7 Å². The number of fused-ring (bicyclic) bond motifs is 3. The van der Waals surface area contributed by atoms with Gasteiger partial charge in [0.05, 0.1) is 17.6 Å². The van der Waals surface area contributed by atoms with Crippen LogP contribution in [0.3, 0.4) is 0 Å². The van der Waals surface area contributed by atoms with E-state index < -0.39 is 11.7 Å². The smallest absolute Gasteiger partial charge is 0.250 e. The van der Waals surface area contributed by atoms with Gasteiger partial charge in [-0.2, -0.15) is 0 Å². The first kappa shape index (κ1) is 29.3. The zero-order valence-electron chi connectivity index (χ0n) is 24.3. The van der Waals surface area contributed by atoms with Crippen LogP contribution in [0.5, 0.6) is 0 Å². The van der Waals surface area contributed by atoms with Crippen molar-refractivity contribution in [1.82, 2.24) is 15.2 Å². The number of nitrogens with one attached hydrogen (secondary N) is 3. The molecule has 1 aliphatic carbocycles. The predicted molar refractivity (Wildman–Crippen MR) is 160 cm³/mol. The molecule has 2 aromatic carbocycles. The van der Waals surface area contributed by atoms with Gasteiger partial charge in [0.15, 0.2) is 0 Å². The maximum Gasteiger partial charge on any atom is 0.250 e. The highest BCUT2D eigenvalue weighted by Crippen LogP contribution is 2.43. The van der Waals surface area contributed by atoms with Gasteiger partial charge in [-0.25, -0.2) is 4.39 Å². The molecule has 1 fully saturated rings. The third-order valence-corrected chi connectivity index (χ3v) is 8.42. The molecule has 5 N–H and O–H groups in total. The molecule has 222 valence electrons. The quantitative estimate of drug-likeness (QED) is 0.316. The minimum absolute atomic E-state index is 0.0283. The number of carbonyl (C=O) groups is 4. The van der Waals surface area contributed by atoms with E-state index in [2.05, 4.69) is 29.8 Å². The molecule has 2 aliphatic rings. The van der Waals surface area contributed by atoms with Gasteiger partial charge in [0.1, 0.15) is 5.82 Å². The van der Waals surface area contributed by atoms with Crippen molar-refractivity contribution in [3.05, 3.63) is 53.5 Å². The lowest BCUT2D eigenvalue weighted by Gasteiger charge is -2.31. The molecular weight excluding hydrogens is 537 g/mol. The second-order valence-electron chi connectivity index (χ2n) is 12.4. The van der Waals surface area contributed by atoms with Crippen LogP contribution in [0.15, 0.2) is 36.4 Å². The first-order valence-corrected chi connectivity index (χ1v) is 14.5. The van der Waals surface area contributed by atoms with Crippen molar-refractivity contribution in [1.29, 1.82) is 0 Å². The lowest BCUT2D eigenvalue weighted by Crippen LogP contribution is -2.39. The van der Waals surface area contributed by atoms with Crippen LogP contribution in [0, 0.1) is 17.2 Å². The zero-order valence-corrected chi connectivity index (χ0v) is 24.3. The monoisotopic (exact) mass is 575 g/mol. The van der Waals surface area contributed by atoms with Crippen molar-refractivity contribution in [3.8, 4) is 11.1 Å². The molecule has 2 heterocycles. The Bertz CT molecular complexity index is 1570. The third-order valence-electron chi connectivity index (χ3n) is 8.42. The van der Waals surface area contributed by atoms with Crippen LogP contribution in [0.2, 0.25) is 0 Å². The molecule has 9 nitrogen and oxygen atoms in total. The Morgan fingerprint density at radius 1 is 1.02 bits per heavy atom.